The van der Waals surface area contributed by atoms with E-state index >= 15 is 0 Å². The highest BCUT2D eigenvalue weighted by Gasteiger charge is 2.07. The minimum atomic E-state index is -0.966. The van der Waals surface area contributed by atoms with E-state index in [0.717, 1.165) is 0 Å². The number of carboxylic acid groups (broad SMARTS) is 1. The molecule has 1 rings (SSSR count). The maximum absolute atomic E-state index is 11.0. The Morgan fingerprint density at radius 2 is 2.36 bits per heavy atom. The standard InChI is InChI=1S/C8H11N3O3/c1-5-9-6(3-7(12)10-5)11(2)4-8(13)14/h3H,4H2,1-2H3,(H,13,14)(H,9,10,12). The normalized spacial score (nSPS) is 9.86. The SMILES string of the molecule is Cc1nc(N(C)CC(=O)O)cc(=O)[nH]1. The maximum atomic E-state index is 11.0. The molecular formula is C8H11N3O3. The number of aryl methyl sites for hydroxylation is 1. The van der Waals surface area contributed by atoms with Gasteiger partial charge < -0.3 is 15.0 Å². The topological polar surface area (TPSA) is 86.3 Å². The predicted octanol–water partition coefficient (Wildman–Crippen LogP) is -0.401. The zero-order valence-electron chi connectivity index (χ0n) is 7.94. The van der Waals surface area contributed by atoms with Crippen molar-refractivity contribution < 1.29 is 9.90 Å². The van der Waals surface area contributed by atoms with Crippen molar-refractivity contribution >= 4 is 11.8 Å². The Hall–Kier alpha value is -1.85. The highest BCUT2D eigenvalue weighted by atomic mass is 16.4. The van der Waals surface area contributed by atoms with E-state index in [4.69, 9.17) is 5.11 Å². The molecule has 0 aliphatic heterocycles. The van der Waals surface area contributed by atoms with E-state index in [-0.39, 0.29) is 12.1 Å². The van der Waals surface area contributed by atoms with Crippen molar-refractivity contribution in [1.82, 2.24) is 9.97 Å². The molecule has 0 aliphatic carbocycles. The second-order valence-corrected chi connectivity index (χ2v) is 2.94. The molecule has 2 N–H and O–H groups in total. The fourth-order valence-electron chi connectivity index (χ4n) is 1.04. The molecular weight excluding hydrogens is 186 g/mol. The first-order valence-corrected chi connectivity index (χ1v) is 4.00. The molecule has 0 spiro atoms. The lowest BCUT2D eigenvalue weighted by Crippen LogP contribution is -2.27. The number of hydrogen-bond donors (Lipinski definition) is 2. The second-order valence-electron chi connectivity index (χ2n) is 2.94. The first-order valence-electron chi connectivity index (χ1n) is 4.00. The molecule has 1 aromatic rings. The number of aromatic nitrogens is 2. The van der Waals surface area contributed by atoms with Gasteiger partial charge in [0.15, 0.2) is 0 Å². The van der Waals surface area contributed by atoms with Gasteiger partial charge in [-0.2, -0.15) is 0 Å². The van der Waals surface area contributed by atoms with Crippen LogP contribution in [0.3, 0.4) is 0 Å². The van der Waals surface area contributed by atoms with Gasteiger partial charge in [0.05, 0.1) is 0 Å². The van der Waals surface area contributed by atoms with Gasteiger partial charge in [0, 0.05) is 13.1 Å². The first kappa shape index (κ1) is 10.2. The van der Waals surface area contributed by atoms with Gasteiger partial charge in [-0.05, 0) is 6.92 Å². The van der Waals surface area contributed by atoms with Crippen LogP contribution in [0.2, 0.25) is 0 Å². The molecule has 76 valence electrons. The van der Waals surface area contributed by atoms with E-state index in [1.807, 2.05) is 0 Å². The Morgan fingerprint density at radius 1 is 1.71 bits per heavy atom. The van der Waals surface area contributed by atoms with Gasteiger partial charge in [0.25, 0.3) is 5.56 Å². The number of carbonyl (C=O) groups is 1. The van der Waals surface area contributed by atoms with Crippen molar-refractivity contribution in [1.29, 1.82) is 0 Å². The molecule has 6 nitrogen and oxygen atoms in total. The Kier molecular flexibility index (Phi) is 2.85. The van der Waals surface area contributed by atoms with Gasteiger partial charge in [0.1, 0.15) is 18.2 Å². The molecule has 0 saturated carbocycles. The van der Waals surface area contributed by atoms with Crippen LogP contribution in [0.25, 0.3) is 0 Å². The van der Waals surface area contributed by atoms with E-state index in [9.17, 15) is 9.59 Å². The molecule has 0 bridgehead atoms. The summed E-state index contributed by atoms with van der Waals surface area (Å²) >= 11 is 0. The van der Waals surface area contributed by atoms with Gasteiger partial charge in [0.2, 0.25) is 0 Å². The van der Waals surface area contributed by atoms with Crippen LogP contribution in [0.1, 0.15) is 5.82 Å². The Balaban J connectivity index is 2.95. The number of anilines is 1. The van der Waals surface area contributed by atoms with Gasteiger partial charge in [-0.3, -0.25) is 9.59 Å². The molecule has 0 saturated heterocycles. The Bertz CT molecular complexity index is 399. The molecule has 0 fully saturated rings. The predicted molar refractivity (Wildman–Crippen MR) is 50.5 cm³/mol. The molecule has 1 heterocycles. The molecule has 0 aromatic carbocycles. The summed E-state index contributed by atoms with van der Waals surface area (Å²) in [5.41, 5.74) is -0.287. The van der Waals surface area contributed by atoms with Crippen molar-refractivity contribution in [3.8, 4) is 0 Å². The summed E-state index contributed by atoms with van der Waals surface area (Å²) in [4.78, 5) is 29.3. The van der Waals surface area contributed by atoms with E-state index < -0.39 is 5.97 Å². The van der Waals surface area contributed by atoms with Crippen LogP contribution in [0.5, 0.6) is 0 Å². The average Bonchev–Trinajstić information content (AvgIpc) is 2.00. The molecule has 6 heteroatoms. The summed E-state index contributed by atoms with van der Waals surface area (Å²) in [6, 6.07) is 1.26. The lowest BCUT2D eigenvalue weighted by molar-refractivity contribution is -0.135. The smallest absolute Gasteiger partial charge is 0.323 e. The number of aliphatic carboxylic acids is 1. The van der Waals surface area contributed by atoms with E-state index in [2.05, 4.69) is 9.97 Å². The summed E-state index contributed by atoms with van der Waals surface area (Å²) in [5, 5.41) is 8.53. The van der Waals surface area contributed by atoms with Gasteiger partial charge >= 0.3 is 5.97 Å². The second kappa shape index (κ2) is 3.91. The fourth-order valence-corrected chi connectivity index (χ4v) is 1.04. The Labute approximate surface area is 80.2 Å². The number of H-pyrrole nitrogens is 1. The van der Waals surface area contributed by atoms with Crippen LogP contribution >= 0.6 is 0 Å². The van der Waals surface area contributed by atoms with Gasteiger partial charge in [-0.25, -0.2) is 4.98 Å². The van der Waals surface area contributed by atoms with Crippen LogP contribution in [0.15, 0.2) is 10.9 Å². The van der Waals surface area contributed by atoms with Crippen molar-refractivity contribution in [3.63, 3.8) is 0 Å². The fraction of sp³-hybridized carbons (Fsp3) is 0.375. The lowest BCUT2D eigenvalue weighted by Gasteiger charge is -2.14. The monoisotopic (exact) mass is 197 g/mol. The summed E-state index contributed by atoms with van der Waals surface area (Å²) in [6.45, 7) is 1.45. The van der Waals surface area contributed by atoms with Crippen molar-refractivity contribution in [2.24, 2.45) is 0 Å². The highest BCUT2D eigenvalue weighted by Crippen LogP contribution is 2.03. The average molecular weight is 197 g/mol. The number of carboxylic acids is 1. The zero-order valence-corrected chi connectivity index (χ0v) is 7.94. The van der Waals surface area contributed by atoms with Crippen molar-refractivity contribution in [3.05, 3.63) is 22.2 Å². The summed E-state index contributed by atoms with van der Waals surface area (Å²) < 4.78 is 0. The first-order chi connectivity index (χ1) is 6.49. The zero-order chi connectivity index (χ0) is 10.7. The number of likely N-dealkylation sites (N-methyl/N-ethyl adjacent to an activating group) is 1. The molecule has 0 unspecified atom stereocenters. The number of aromatic amines is 1. The molecule has 0 amide bonds. The van der Waals surface area contributed by atoms with E-state index in [0.29, 0.717) is 11.6 Å². The van der Waals surface area contributed by atoms with Crippen LogP contribution in [-0.2, 0) is 4.79 Å². The third-order valence-corrected chi connectivity index (χ3v) is 1.61. The number of hydrogen-bond acceptors (Lipinski definition) is 4. The van der Waals surface area contributed by atoms with E-state index in [1.165, 1.54) is 11.0 Å². The molecule has 0 atom stereocenters. The lowest BCUT2D eigenvalue weighted by atomic mass is 10.4. The van der Waals surface area contributed by atoms with Crippen LogP contribution in [-0.4, -0.2) is 34.6 Å². The van der Waals surface area contributed by atoms with Crippen molar-refractivity contribution in [2.45, 2.75) is 6.92 Å². The van der Waals surface area contributed by atoms with Gasteiger partial charge in [-0.1, -0.05) is 0 Å². The quantitative estimate of drug-likeness (QED) is 0.688. The number of nitrogens with zero attached hydrogens (tertiary/aromatic N) is 2. The van der Waals surface area contributed by atoms with Crippen molar-refractivity contribution in [2.75, 3.05) is 18.5 Å². The number of rotatable bonds is 3. The third-order valence-electron chi connectivity index (χ3n) is 1.61. The number of nitrogens with one attached hydrogen (secondary N) is 1. The molecule has 1 aromatic heterocycles. The summed E-state index contributed by atoms with van der Waals surface area (Å²) in [6.07, 6.45) is 0. The Morgan fingerprint density at radius 3 is 2.86 bits per heavy atom. The van der Waals surface area contributed by atoms with Crippen LogP contribution < -0.4 is 10.5 Å². The minimum Gasteiger partial charge on any atom is -0.480 e. The molecule has 0 radical (unpaired) electrons. The maximum Gasteiger partial charge on any atom is 0.323 e. The third kappa shape index (κ3) is 2.58. The summed E-state index contributed by atoms with van der Waals surface area (Å²) in [5.74, 6) is -0.148. The molecule has 14 heavy (non-hydrogen) atoms. The minimum absolute atomic E-state index is 0.185. The summed E-state index contributed by atoms with van der Waals surface area (Å²) in [7, 11) is 1.56. The van der Waals surface area contributed by atoms with Gasteiger partial charge in [-0.15, -0.1) is 0 Å². The van der Waals surface area contributed by atoms with E-state index in [1.54, 1.807) is 14.0 Å². The van der Waals surface area contributed by atoms with Crippen LogP contribution in [0.4, 0.5) is 5.82 Å². The highest BCUT2D eigenvalue weighted by molar-refractivity contribution is 5.72. The largest absolute Gasteiger partial charge is 0.480 e. The molecule has 0 aliphatic rings. The van der Waals surface area contributed by atoms with Crippen LogP contribution in [0, 0.1) is 6.92 Å².